The normalized spacial score (nSPS) is 12.9. The van der Waals surface area contributed by atoms with Gasteiger partial charge < -0.3 is 5.11 Å². The molecule has 1 heteroatoms. The van der Waals surface area contributed by atoms with Crippen LogP contribution in [0.4, 0.5) is 0 Å². The van der Waals surface area contributed by atoms with Crippen molar-refractivity contribution < 1.29 is 5.11 Å². The molecule has 33 heavy (non-hydrogen) atoms. The summed E-state index contributed by atoms with van der Waals surface area (Å²) < 4.78 is 0. The zero-order chi connectivity index (χ0) is 24.1. The Morgan fingerprint density at radius 2 is 0.667 bits per heavy atom. The zero-order valence-electron chi connectivity index (χ0n) is 23.0. The number of unbranched alkanes of at least 4 members (excludes halogenated alkanes) is 19. The SMILES string of the molecule is CCCCC/C=C\CCCCCCCCC(O)CCCCCCCC/C=C\CCCCCC. The van der Waals surface area contributed by atoms with Gasteiger partial charge in [-0.15, -0.1) is 0 Å². The van der Waals surface area contributed by atoms with Gasteiger partial charge in [0, 0.05) is 0 Å². The summed E-state index contributed by atoms with van der Waals surface area (Å²) in [5, 5.41) is 10.2. The molecular weight excluding hydrogens is 400 g/mol. The van der Waals surface area contributed by atoms with Crippen LogP contribution in [0.5, 0.6) is 0 Å². The Morgan fingerprint density at radius 3 is 1.06 bits per heavy atom. The summed E-state index contributed by atoms with van der Waals surface area (Å²) in [5.74, 6) is 0. The van der Waals surface area contributed by atoms with Gasteiger partial charge in [0.2, 0.25) is 0 Å². The summed E-state index contributed by atoms with van der Waals surface area (Å²) in [6, 6.07) is 0. The molecule has 0 radical (unpaired) electrons. The molecule has 0 rings (SSSR count). The molecule has 0 aliphatic heterocycles. The van der Waals surface area contributed by atoms with E-state index in [2.05, 4.69) is 38.2 Å². The number of hydrogen-bond donors (Lipinski definition) is 1. The maximum Gasteiger partial charge on any atom is 0.0540 e. The lowest BCUT2D eigenvalue weighted by Crippen LogP contribution is -2.05. The highest BCUT2D eigenvalue weighted by atomic mass is 16.3. The minimum absolute atomic E-state index is 0.0506. The Morgan fingerprint density at radius 1 is 0.394 bits per heavy atom. The van der Waals surface area contributed by atoms with E-state index in [0.717, 1.165) is 12.8 Å². The third kappa shape index (κ3) is 29.4. The van der Waals surface area contributed by atoms with Crippen LogP contribution in [0.25, 0.3) is 0 Å². The van der Waals surface area contributed by atoms with E-state index in [9.17, 15) is 5.11 Å². The Hall–Kier alpha value is -0.560. The lowest BCUT2D eigenvalue weighted by Gasteiger charge is -2.10. The Kier molecular flexibility index (Phi) is 29.0. The second-order valence-electron chi connectivity index (χ2n) is 10.3. The first-order chi connectivity index (χ1) is 16.3. The number of hydrogen-bond acceptors (Lipinski definition) is 1. The minimum atomic E-state index is -0.0506. The number of aliphatic hydroxyl groups is 1. The maximum atomic E-state index is 10.2. The molecule has 0 aliphatic rings. The summed E-state index contributed by atoms with van der Waals surface area (Å²) in [4.78, 5) is 0. The highest BCUT2D eigenvalue weighted by Crippen LogP contribution is 2.15. The van der Waals surface area contributed by atoms with Crippen molar-refractivity contribution in [3.63, 3.8) is 0 Å². The monoisotopic (exact) mass is 462 g/mol. The van der Waals surface area contributed by atoms with Gasteiger partial charge in [-0.2, -0.15) is 0 Å². The highest BCUT2D eigenvalue weighted by molar-refractivity contribution is 4.81. The molecule has 0 saturated heterocycles. The first-order valence-electron chi connectivity index (χ1n) is 15.3. The third-order valence-corrected chi connectivity index (χ3v) is 6.85. The zero-order valence-corrected chi connectivity index (χ0v) is 23.0. The summed E-state index contributed by atoms with van der Waals surface area (Å²) >= 11 is 0. The molecule has 0 aromatic rings. The van der Waals surface area contributed by atoms with Gasteiger partial charge in [-0.3, -0.25) is 0 Å². The largest absolute Gasteiger partial charge is 0.393 e. The molecule has 1 atom stereocenters. The molecule has 0 saturated carbocycles. The molecule has 0 aliphatic carbocycles. The van der Waals surface area contributed by atoms with E-state index in [4.69, 9.17) is 0 Å². The van der Waals surface area contributed by atoms with E-state index in [-0.39, 0.29) is 6.10 Å². The van der Waals surface area contributed by atoms with Crippen LogP contribution < -0.4 is 0 Å². The van der Waals surface area contributed by atoms with Crippen molar-refractivity contribution in [2.75, 3.05) is 0 Å². The lowest BCUT2D eigenvalue weighted by atomic mass is 10.0. The molecule has 196 valence electrons. The fourth-order valence-corrected chi connectivity index (χ4v) is 4.52. The Bertz CT molecular complexity index is 397. The van der Waals surface area contributed by atoms with E-state index in [1.807, 2.05) is 0 Å². The maximum absolute atomic E-state index is 10.2. The van der Waals surface area contributed by atoms with E-state index in [1.54, 1.807) is 0 Å². The van der Waals surface area contributed by atoms with Crippen LogP contribution in [0.2, 0.25) is 0 Å². The van der Waals surface area contributed by atoms with E-state index >= 15 is 0 Å². The fourth-order valence-electron chi connectivity index (χ4n) is 4.52. The molecule has 0 heterocycles. The predicted molar refractivity (Wildman–Crippen MR) is 151 cm³/mol. The predicted octanol–water partition coefficient (Wildman–Crippen LogP) is 11.3. The molecule has 0 aromatic heterocycles. The van der Waals surface area contributed by atoms with Crippen molar-refractivity contribution in [1.29, 1.82) is 0 Å². The van der Waals surface area contributed by atoms with Crippen LogP contribution in [-0.4, -0.2) is 11.2 Å². The van der Waals surface area contributed by atoms with Gasteiger partial charge >= 0.3 is 0 Å². The molecule has 0 aromatic carbocycles. The molecule has 0 amide bonds. The average Bonchev–Trinajstić information content (AvgIpc) is 2.82. The number of rotatable bonds is 27. The third-order valence-electron chi connectivity index (χ3n) is 6.85. The van der Waals surface area contributed by atoms with Gasteiger partial charge in [0.15, 0.2) is 0 Å². The molecule has 1 nitrogen and oxygen atoms in total. The number of aliphatic hydroxyl groups excluding tert-OH is 1. The van der Waals surface area contributed by atoms with Gasteiger partial charge in [0.1, 0.15) is 0 Å². The van der Waals surface area contributed by atoms with Crippen molar-refractivity contribution >= 4 is 0 Å². The molecule has 1 N–H and O–H groups in total. The van der Waals surface area contributed by atoms with Gasteiger partial charge in [0.05, 0.1) is 6.10 Å². The van der Waals surface area contributed by atoms with Crippen LogP contribution in [-0.2, 0) is 0 Å². The van der Waals surface area contributed by atoms with Crippen molar-refractivity contribution in [3.8, 4) is 0 Å². The molecular formula is C32H62O. The van der Waals surface area contributed by atoms with Crippen molar-refractivity contribution in [1.82, 2.24) is 0 Å². The summed E-state index contributed by atoms with van der Waals surface area (Å²) in [5.41, 5.74) is 0. The van der Waals surface area contributed by atoms with E-state index in [1.165, 1.54) is 148 Å². The Labute approximate surface area is 209 Å². The van der Waals surface area contributed by atoms with Gasteiger partial charge in [-0.05, 0) is 64.2 Å². The molecule has 0 fully saturated rings. The Balaban J connectivity index is 3.22. The molecule has 1 unspecified atom stereocenters. The van der Waals surface area contributed by atoms with Crippen molar-refractivity contribution in [2.24, 2.45) is 0 Å². The second kappa shape index (κ2) is 29.5. The minimum Gasteiger partial charge on any atom is -0.393 e. The van der Waals surface area contributed by atoms with Crippen molar-refractivity contribution in [3.05, 3.63) is 24.3 Å². The first-order valence-corrected chi connectivity index (χ1v) is 15.3. The average molecular weight is 463 g/mol. The van der Waals surface area contributed by atoms with Gasteiger partial charge in [-0.1, -0.05) is 134 Å². The quantitative estimate of drug-likeness (QED) is 0.0950. The lowest BCUT2D eigenvalue weighted by molar-refractivity contribution is 0.147. The molecule has 0 spiro atoms. The summed E-state index contributed by atoms with van der Waals surface area (Å²) in [7, 11) is 0. The topological polar surface area (TPSA) is 20.2 Å². The summed E-state index contributed by atoms with van der Waals surface area (Å²) in [6.07, 6.45) is 42.1. The van der Waals surface area contributed by atoms with Gasteiger partial charge in [-0.25, -0.2) is 0 Å². The fraction of sp³-hybridized carbons (Fsp3) is 0.875. The first kappa shape index (κ1) is 32.4. The van der Waals surface area contributed by atoms with Crippen LogP contribution in [0.15, 0.2) is 24.3 Å². The van der Waals surface area contributed by atoms with Crippen LogP contribution >= 0.6 is 0 Å². The second-order valence-corrected chi connectivity index (χ2v) is 10.3. The van der Waals surface area contributed by atoms with E-state index in [0.29, 0.717) is 0 Å². The van der Waals surface area contributed by atoms with E-state index < -0.39 is 0 Å². The van der Waals surface area contributed by atoms with Crippen molar-refractivity contribution in [2.45, 2.75) is 180 Å². The van der Waals surface area contributed by atoms with Gasteiger partial charge in [0.25, 0.3) is 0 Å². The van der Waals surface area contributed by atoms with Crippen LogP contribution in [0.3, 0.4) is 0 Å². The van der Waals surface area contributed by atoms with Crippen LogP contribution in [0, 0.1) is 0 Å². The molecule has 0 bridgehead atoms. The highest BCUT2D eigenvalue weighted by Gasteiger charge is 2.03. The smallest absolute Gasteiger partial charge is 0.0540 e. The van der Waals surface area contributed by atoms with Crippen LogP contribution in [0.1, 0.15) is 174 Å². The number of allylic oxidation sites excluding steroid dienone is 4. The summed E-state index contributed by atoms with van der Waals surface area (Å²) in [6.45, 7) is 4.54. The standard InChI is InChI=1S/C32H62O/c1-3-5-7-9-11-13-15-17-19-21-23-25-27-29-31-32(33)30-28-26-24-22-20-18-16-14-12-10-8-6-4-2/h12-15,32-33H,3-11,16-31H2,1-2H3/b14-12-,15-13-.